The molecule has 8 rings (SSSR count). The van der Waals surface area contributed by atoms with E-state index >= 15 is 0 Å². The third-order valence-corrected chi connectivity index (χ3v) is 11.8. The van der Waals surface area contributed by atoms with Crippen molar-refractivity contribution in [3.63, 3.8) is 0 Å². The number of likely N-dealkylation sites (tertiary alicyclic amines) is 2. The van der Waals surface area contributed by atoms with Crippen LogP contribution in [0.5, 0.6) is 0 Å². The third-order valence-electron chi connectivity index (χ3n) is 11.8. The molecule has 14 nitrogen and oxygen atoms in total. The molecule has 4 aromatic carbocycles. The maximum absolute atomic E-state index is 12.9. The maximum Gasteiger partial charge on any atom is 0.407 e. The molecule has 0 bridgehead atoms. The van der Waals surface area contributed by atoms with Gasteiger partial charge in [0.1, 0.15) is 23.7 Å². The van der Waals surface area contributed by atoms with Crippen LogP contribution in [0.15, 0.2) is 97.3 Å². The molecular weight excluding hydrogens is 761 g/mol. The number of hydrogen-bond donors (Lipinski definition) is 4. The molecule has 0 radical (unpaired) electrons. The van der Waals surface area contributed by atoms with Gasteiger partial charge in [-0.3, -0.25) is 9.69 Å². The topological polar surface area (TPSA) is 175 Å². The zero-order valence-electron chi connectivity index (χ0n) is 33.9. The van der Waals surface area contributed by atoms with Crippen LogP contribution in [-0.4, -0.2) is 94.5 Å². The van der Waals surface area contributed by atoms with Crippen molar-refractivity contribution < 1.29 is 28.7 Å². The van der Waals surface area contributed by atoms with Gasteiger partial charge >= 0.3 is 12.2 Å². The molecule has 6 aromatic rings. The Morgan fingerprint density at radius 1 is 0.767 bits per heavy atom. The molecule has 0 unspecified atom stereocenters. The number of H-pyrrole nitrogens is 2. The lowest BCUT2D eigenvalue weighted by Gasteiger charge is -2.36. The van der Waals surface area contributed by atoms with Crippen LogP contribution in [0.3, 0.4) is 0 Å². The van der Waals surface area contributed by atoms with E-state index in [0.29, 0.717) is 6.54 Å². The highest BCUT2D eigenvalue weighted by atomic mass is 16.5. The number of methoxy groups -OCH3 is 2. The molecule has 0 aliphatic carbocycles. The minimum atomic E-state index is -1.29. The summed E-state index contributed by atoms with van der Waals surface area (Å²) >= 11 is 0. The molecular formula is C46H48N8O6. The Morgan fingerprint density at radius 3 is 2.07 bits per heavy atom. The summed E-state index contributed by atoms with van der Waals surface area (Å²) in [7, 11) is 2.56. The maximum atomic E-state index is 12.9. The van der Waals surface area contributed by atoms with Crippen molar-refractivity contribution >= 4 is 35.2 Å². The number of benzene rings is 4. The number of aromatic nitrogens is 4. The van der Waals surface area contributed by atoms with Gasteiger partial charge in [-0.25, -0.2) is 19.6 Å². The molecule has 3 amide bonds. The summed E-state index contributed by atoms with van der Waals surface area (Å²) in [6.07, 6.45) is 6.61. The third kappa shape index (κ3) is 8.10. The lowest BCUT2D eigenvalue weighted by molar-refractivity contribution is -0.131. The minimum Gasteiger partial charge on any atom is -0.453 e. The van der Waals surface area contributed by atoms with Crippen molar-refractivity contribution in [2.45, 2.75) is 50.2 Å². The van der Waals surface area contributed by atoms with Crippen LogP contribution >= 0.6 is 0 Å². The lowest BCUT2D eigenvalue weighted by atomic mass is 9.87. The quantitative estimate of drug-likeness (QED) is 0.0933. The summed E-state index contributed by atoms with van der Waals surface area (Å²) in [6, 6.07) is 28.5. The summed E-state index contributed by atoms with van der Waals surface area (Å²) < 4.78 is 9.53. The molecule has 2 fully saturated rings. The van der Waals surface area contributed by atoms with Crippen molar-refractivity contribution in [3.8, 4) is 33.6 Å². The highest BCUT2D eigenvalue weighted by Gasteiger charge is 2.41. The van der Waals surface area contributed by atoms with E-state index < -0.39 is 17.7 Å². The Balaban J connectivity index is 0.946. The summed E-state index contributed by atoms with van der Waals surface area (Å²) in [5, 5.41) is 7.52. The van der Waals surface area contributed by atoms with E-state index in [0.717, 1.165) is 106 Å². The number of alkyl carbamates (subject to hydrolysis) is 2. The number of amides is 3. The average molecular weight is 809 g/mol. The second-order valence-electron chi connectivity index (χ2n) is 15.5. The molecule has 0 spiro atoms. The van der Waals surface area contributed by atoms with Crippen LogP contribution in [0.25, 0.3) is 44.4 Å². The molecule has 2 aromatic heterocycles. The number of ether oxygens (including phenoxy) is 2. The minimum absolute atomic E-state index is 0.0641. The van der Waals surface area contributed by atoms with E-state index in [-0.39, 0.29) is 31.1 Å². The van der Waals surface area contributed by atoms with Gasteiger partial charge in [-0.1, -0.05) is 72.8 Å². The molecule has 4 heterocycles. The van der Waals surface area contributed by atoms with Gasteiger partial charge in [0.15, 0.2) is 6.29 Å². The van der Waals surface area contributed by atoms with E-state index in [2.05, 4.69) is 95.9 Å². The highest BCUT2D eigenvalue weighted by molar-refractivity contribution is 5.91. The van der Waals surface area contributed by atoms with E-state index in [9.17, 15) is 19.2 Å². The molecule has 4 N–H and O–H groups in total. The van der Waals surface area contributed by atoms with Crippen molar-refractivity contribution in [1.29, 1.82) is 0 Å². The molecule has 2 aliphatic rings. The molecule has 2 aliphatic heterocycles. The average Bonchev–Trinajstić information content (AvgIpc) is 4.13. The smallest absolute Gasteiger partial charge is 0.407 e. The number of nitrogens with zero attached hydrogens (tertiary/aromatic N) is 4. The van der Waals surface area contributed by atoms with Gasteiger partial charge in [0.25, 0.3) is 0 Å². The van der Waals surface area contributed by atoms with Crippen molar-refractivity contribution in [2.24, 2.45) is 0 Å². The molecule has 3 atom stereocenters. The largest absolute Gasteiger partial charge is 0.453 e. The number of imidazole rings is 2. The van der Waals surface area contributed by atoms with Gasteiger partial charge in [0, 0.05) is 18.7 Å². The van der Waals surface area contributed by atoms with Gasteiger partial charge in [-0.15, -0.1) is 0 Å². The van der Waals surface area contributed by atoms with Gasteiger partial charge in [-0.2, -0.15) is 0 Å². The van der Waals surface area contributed by atoms with E-state index in [1.54, 1.807) is 4.90 Å². The molecule has 60 heavy (non-hydrogen) atoms. The number of carbonyl (C=O) groups excluding carboxylic acids is 4. The number of fused-ring (bicyclic) bond motifs is 1. The number of aryl methyl sites for hydroxylation is 1. The first kappa shape index (κ1) is 40.0. The first-order chi connectivity index (χ1) is 29.2. The Morgan fingerprint density at radius 2 is 1.37 bits per heavy atom. The Bertz CT molecular complexity index is 2530. The van der Waals surface area contributed by atoms with E-state index in [1.807, 2.05) is 43.6 Å². The predicted octanol–water partition coefficient (Wildman–Crippen LogP) is 7.20. The number of aldehydes is 1. The van der Waals surface area contributed by atoms with Gasteiger partial charge in [0.2, 0.25) is 5.91 Å². The van der Waals surface area contributed by atoms with E-state index in [4.69, 9.17) is 9.72 Å². The van der Waals surface area contributed by atoms with Crippen molar-refractivity contribution in [2.75, 3.05) is 40.4 Å². The number of hydrogen-bond acceptors (Lipinski definition) is 9. The summed E-state index contributed by atoms with van der Waals surface area (Å²) in [4.78, 5) is 70.1. The van der Waals surface area contributed by atoms with Gasteiger partial charge in [-0.05, 0) is 89.9 Å². The normalized spacial score (nSPS) is 17.6. The van der Waals surface area contributed by atoms with Crippen LogP contribution in [0.2, 0.25) is 0 Å². The van der Waals surface area contributed by atoms with Crippen LogP contribution in [-0.2, 0) is 24.6 Å². The van der Waals surface area contributed by atoms with Gasteiger partial charge < -0.3 is 39.8 Å². The van der Waals surface area contributed by atoms with E-state index in [1.165, 1.54) is 14.2 Å². The second-order valence-corrected chi connectivity index (χ2v) is 15.5. The number of aromatic amines is 2. The fourth-order valence-corrected chi connectivity index (χ4v) is 8.69. The molecule has 2 saturated heterocycles. The lowest BCUT2D eigenvalue weighted by Crippen LogP contribution is -2.54. The Hall–Kier alpha value is -6.80. The first-order valence-electron chi connectivity index (χ1n) is 20.2. The highest BCUT2D eigenvalue weighted by Crippen LogP contribution is 2.37. The zero-order chi connectivity index (χ0) is 41.8. The zero-order valence-corrected chi connectivity index (χ0v) is 33.9. The van der Waals surface area contributed by atoms with Crippen LogP contribution in [0, 0.1) is 6.92 Å². The number of nitrogens with one attached hydrogen (secondary N) is 4. The number of carbonyl (C=O) groups is 4. The molecule has 0 saturated carbocycles. The Labute approximate surface area is 347 Å². The molecule has 308 valence electrons. The number of rotatable bonds is 12. The standard InChI is InChI=1S/C46H48N8O6/c1-29-8-4-5-9-36(29)46(28-55,52-45(58)60-3)27-53-20-6-10-39(53)42-47-24-37(50-42)31-14-12-30(13-15-31)32-16-17-34-23-35(19-18-33(34)22-32)38-25-48-43(51-38)40-11-7-21-54(40)41(56)26-49-44(57)59-2/h4-5,8-9,12-19,22-25,28,39-40H,6-7,10-11,20-21,26-27H2,1-3H3,(H,47,50)(H,48,51)(H,49,57)(H,52,58)/t39-,40-,46+/m0/s1. The van der Waals surface area contributed by atoms with Crippen LogP contribution in [0.1, 0.15) is 60.5 Å². The Kier molecular flexibility index (Phi) is 11.5. The van der Waals surface area contributed by atoms with Crippen LogP contribution < -0.4 is 10.6 Å². The van der Waals surface area contributed by atoms with Gasteiger partial charge in [0.05, 0.1) is 50.1 Å². The summed E-state index contributed by atoms with van der Waals surface area (Å²) in [5.74, 6) is 1.37. The van der Waals surface area contributed by atoms with Crippen LogP contribution in [0.4, 0.5) is 9.59 Å². The fourth-order valence-electron chi connectivity index (χ4n) is 8.69. The van der Waals surface area contributed by atoms with Crippen molar-refractivity contribution in [3.05, 3.63) is 120 Å². The summed E-state index contributed by atoms with van der Waals surface area (Å²) in [5.41, 5.74) is 6.28. The first-order valence-corrected chi connectivity index (χ1v) is 20.2. The fraction of sp³-hybridized carbons (Fsp3) is 0.304. The SMILES string of the molecule is COC(=O)NCC(=O)N1CCC[C@H]1c1ncc(-c2ccc3cc(-c4ccc(-c5cnc([C@@H]6CCCN6C[C@](C=O)(NC(=O)OC)c6ccccc6C)[nH]5)cc4)ccc3c2)[nH]1. The summed E-state index contributed by atoms with van der Waals surface area (Å²) in [6.45, 7) is 3.43. The van der Waals surface area contributed by atoms with Crippen molar-refractivity contribution in [1.82, 2.24) is 40.4 Å². The monoisotopic (exact) mass is 808 g/mol. The second kappa shape index (κ2) is 17.2. The molecule has 14 heteroatoms. The predicted molar refractivity (Wildman–Crippen MR) is 227 cm³/mol.